The van der Waals surface area contributed by atoms with Gasteiger partial charge in [0.25, 0.3) is 0 Å². The van der Waals surface area contributed by atoms with E-state index < -0.39 is 11.6 Å². The van der Waals surface area contributed by atoms with E-state index >= 15 is 0 Å². The van der Waals surface area contributed by atoms with Crippen LogP contribution in [0.5, 0.6) is 0 Å². The topological polar surface area (TPSA) is 65.6 Å². The summed E-state index contributed by atoms with van der Waals surface area (Å²) in [7, 11) is 0. The van der Waals surface area contributed by atoms with Crippen molar-refractivity contribution in [3.63, 3.8) is 0 Å². The highest BCUT2D eigenvalue weighted by molar-refractivity contribution is 5.97. The highest BCUT2D eigenvalue weighted by atomic mass is 19.1. The number of nitrogens with one attached hydrogen (secondary N) is 3. The van der Waals surface area contributed by atoms with Crippen molar-refractivity contribution in [1.82, 2.24) is 20.3 Å². The monoisotopic (exact) mass is 391 g/mol. The zero-order valence-corrected chi connectivity index (χ0v) is 15.5. The van der Waals surface area contributed by atoms with Crippen molar-refractivity contribution < 1.29 is 8.78 Å². The van der Waals surface area contributed by atoms with Gasteiger partial charge in [-0.1, -0.05) is 12.1 Å². The van der Waals surface area contributed by atoms with Crippen molar-refractivity contribution in [1.29, 1.82) is 0 Å². The fraction of sp³-hybridized carbons (Fsp3) is 0.182. The molecule has 29 heavy (non-hydrogen) atoms. The molecular formula is C22H19F2N5. The maximum absolute atomic E-state index is 14.2. The molecule has 0 unspecified atom stereocenters. The van der Waals surface area contributed by atoms with E-state index in [0.717, 1.165) is 36.0 Å². The molecule has 0 bridgehead atoms. The summed E-state index contributed by atoms with van der Waals surface area (Å²) in [6, 6.07) is 9.53. The van der Waals surface area contributed by atoms with Gasteiger partial charge in [0.05, 0.1) is 23.7 Å². The summed E-state index contributed by atoms with van der Waals surface area (Å²) in [4.78, 5) is 12.2. The van der Waals surface area contributed by atoms with E-state index in [1.165, 1.54) is 18.2 Å². The maximum atomic E-state index is 14.2. The van der Waals surface area contributed by atoms with Crippen LogP contribution in [0, 0.1) is 11.6 Å². The molecule has 2 aromatic heterocycles. The van der Waals surface area contributed by atoms with Gasteiger partial charge < -0.3 is 15.6 Å². The number of nitrogens with zero attached hydrogens (tertiary/aromatic N) is 2. The van der Waals surface area contributed by atoms with Crippen molar-refractivity contribution in [2.45, 2.75) is 12.5 Å². The quantitative estimate of drug-likeness (QED) is 0.484. The average Bonchev–Trinajstić information content (AvgIpc) is 3.37. The van der Waals surface area contributed by atoms with E-state index in [4.69, 9.17) is 4.98 Å². The summed E-state index contributed by atoms with van der Waals surface area (Å²) in [6.07, 6.45) is 6.28. The minimum absolute atomic E-state index is 0.0308. The first-order valence-electron chi connectivity index (χ1n) is 9.54. The van der Waals surface area contributed by atoms with Gasteiger partial charge in [0, 0.05) is 35.2 Å². The van der Waals surface area contributed by atoms with Crippen LogP contribution in [0.15, 0.2) is 55.0 Å². The minimum Gasteiger partial charge on any atom is -0.365 e. The molecular weight excluding hydrogens is 372 g/mol. The molecule has 3 heterocycles. The van der Waals surface area contributed by atoms with Crippen molar-refractivity contribution in [3.8, 4) is 22.4 Å². The maximum Gasteiger partial charge on any atom is 0.145 e. The third kappa shape index (κ3) is 3.34. The molecule has 1 fully saturated rings. The van der Waals surface area contributed by atoms with E-state index in [9.17, 15) is 8.78 Å². The van der Waals surface area contributed by atoms with Crippen LogP contribution in [-0.4, -0.2) is 34.1 Å². The largest absolute Gasteiger partial charge is 0.365 e. The molecule has 1 aliphatic rings. The fourth-order valence-electron chi connectivity index (χ4n) is 3.81. The van der Waals surface area contributed by atoms with Gasteiger partial charge in [-0.05, 0) is 42.8 Å². The number of rotatable bonds is 4. The van der Waals surface area contributed by atoms with Gasteiger partial charge in [-0.2, -0.15) is 0 Å². The summed E-state index contributed by atoms with van der Waals surface area (Å²) < 4.78 is 28.5. The SMILES string of the molecule is Fc1cccc(F)c1-c1ccc2[nH]cc(-c3cncc(N[C@@H]4CCNC4)n3)c2c1. The molecule has 4 aromatic rings. The summed E-state index contributed by atoms with van der Waals surface area (Å²) in [5, 5.41) is 7.54. The van der Waals surface area contributed by atoms with Gasteiger partial charge >= 0.3 is 0 Å². The lowest BCUT2D eigenvalue weighted by molar-refractivity contribution is 0.589. The van der Waals surface area contributed by atoms with Crippen molar-refractivity contribution in [2.24, 2.45) is 0 Å². The predicted molar refractivity (Wildman–Crippen MR) is 110 cm³/mol. The molecule has 1 saturated heterocycles. The lowest BCUT2D eigenvalue weighted by Crippen LogP contribution is -2.22. The second-order valence-electron chi connectivity index (χ2n) is 7.18. The molecule has 0 radical (unpaired) electrons. The lowest BCUT2D eigenvalue weighted by atomic mass is 10.0. The van der Waals surface area contributed by atoms with Crippen molar-refractivity contribution in [2.75, 3.05) is 18.4 Å². The summed E-state index contributed by atoms with van der Waals surface area (Å²) in [6.45, 7) is 1.89. The van der Waals surface area contributed by atoms with Gasteiger partial charge in [-0.3, -0.25) is 4.98 Å². The first-order chi connectivity index (χ1) is 14.2. The molecule has 5 rings (SSSR count). The number of aromatic amines is 1. The number of halogens is 2. The van der Waals surface area contributed by atoms with Crippen LogP contribution >= 0.6 is 0 Å². The Morgan fingerprint density at radius 3 is 2.72 bits per heavy atom. The zero-order chi connectivity index (χ0) is 19.8. The summed E-state index contributed by atoms with van der Waals surface area (Å²) >= 11 is 0. The first kappa shape index (κ1) is 17.8. The fourth-order valence-corrected chi connectivity index (χ4v) is 3.81. The van der Waals surface area contributed by atoms with Crippen LogP contribution < -0.4 is 10.6 Å². The van der Waals surface area contributed by atoms with E-state index in [1.807, 2.05) is 12.3 Å². The van der Waals surface area contributed by atoms with Crippen molar-refractivity contribution >= 4 is 16.7 Å². The number of hydrogen-bond acceptors (Lipinski definition) is 4. The highest BCUT2D eigenvalue weighted by Gasteiger charge is 2.17. The molecule has 146 valence electrons. The van der Waals surface area contributed by atoms with E-state index in [0.29, 0.717) is 23.1 Å². The van der Waals surface area contributed by atoms with E-state index in [-0.39, 0.29) is 5.56 Å². The van der Waals surface area contributed by atoms with Gasteiger partial charge in [0.15, 0.2) is 0 Å². The van der Waals surface area contributed by atoms with Crippen LogP contribution in [0.3, 0.4) is 0 Å². The van der Waals surface area contributed by atoms with E-state index in [2.05, 4.69) is 20.6 Å². The third-order valence-corrected chi connectivity index (χ3v) is 5.26. The second-order valence-corrected chi connectivity index (χ2v) is 7.18. The van der Waals surface area contributed by atoms with Crippen LogP contribution in [0.2, 0.25) is 0 Å². The molecule has 3 N–H and O–H groups in total. The van der Waals surface area contributed by atoms with Crippen LogP contribution in [0.1, 0.15) is 6.42 Å². The van der Waals surface area contributed by atoms with Crippen LogP contribution in [0.4, 0.5) is 14.6 Å². The molecule has 7 heteroatoms. The Kier molecular flexibility index (Phi) is 4.44. The average molecular weight is 391 g/mol. The standard InChI is InChI=1S/C22H19F2N5/c23-17-2-1-3-18(24)22(17)13-4-5-19-15(8-13)16(10-27-19)20-11-26-12-21(29-20)28-14-6-7-25-9-14/h1-5,8,10-12,14,25,27H,6-7,9H2,(H,28,29)/t14-/m1/s1. The van der Waals surface area contributed by atoms with Crippen molar-refractivity contribution in [3.05, 3.63) is 66.6 Å². The number of aromatic nitrogens is 3. The summed E-state index contributed by atoms with van der Waals surface area (Å²) in [5.41, 5.74) is 2.84. The third-order valence-electron chi connectivity index (χ3n) is 5.26. The Labute approximate surface area is 166 Å². The van der Waals surface area contributed by atoms with Gasteiger partial charge in [-0.25, -0.2) is 13.8 Å². The highest BCUT2D eigenvalue weighted by Crippen LogP contribution is 2.33. The number of H-pyrrole nitrogens is 1. The van der Waals surface area contributed by atoms with Gasteiger partial charge in [0.2, 0.25) is 0 Å². The molecule has 0 spiro atoms. The molecule has 0 saturated carbocycles. The van der Waals surface area contributed by atoms with Crippen LogP contribution in [-0.2, 0) is 0 Å². The second kappa shape index (κ2) is 7.25. The normalized spacial score (nSPS) is 16.4. The van der Waals surface area contributed by atoms with E-state index in [1.54, 1.807) is 24.5 Å². The molecule has 0 aliphatic carbocycles. The lowest BCUT2D eigenvalue weighted by Gasteiger charge is -2.12. The Balaban J connectivity index is 1.56. The number of hydrogen-bond donors (Lipinski definition) is 3. The Morgan fingerprint density at radius 1 is 1.07 bits per heavy atom. The summed E-state index contributed by atoms with van der Waals surface area (Å²) in [5.74, 6) is -0.461. The molecule has 1 atom stereocenters. The number of anilines is 1. The Bertz CT molecular complexity index is 1160. The Hall–Kier alpha value is -3.32. The number of fused-ring (bicyclic) bond motifs is 1. The van der Waals surface area contributed by atoms with Crippen LogP contribution in [0.25, 0.3) is 33.3 Å². The molecule has 5 nitrogen and oxygen atoms in total. The molecule has 1 aliphatic heterocycles. The van der Waals surface area contributed by atoms with Gasteiger partial charge in [-0.15, -0.1) is 0 Å². The smallest absolute Gasteiger partial charge is 0.145 e. The predicted octanol–water partition coefficient (Wildman–Crippen LogP) is 4.34. The Morgan fingerprint density at radius 2 is 1.93 bits per heavy atom. The zero-order valence-electron chi connectivity index (χ0n) is 15.5. The van der Waals surface area contributed by atoms with Gasteiger partial charge in [0.1, 0.15) is 17.5 Å². The molecule has 2 aromatic carbocycles. The number of benzene rings is 2. The minimum atomic E-state index is -0.586. The first-order valence-corrected chi connectivity index (χ1v) is 9.54. The molecule has 0 amide bonds.